The molecular weight excluding hydrogens is 246 g/mol. The van der Waals surface area contributed by atoms with Gasteiger partial charge in [0.2, 0.25) is 0 Å². The minimum Gasteiger partial charge on any atom is -0.310 e. The highest BCUT2D eigenvalue weighted by molar-refractivity contribution is 7.90. The van der Waals surface area contributed by atoms with E-state index in [9.17, 15) is 8.42 Å². The van der Waals surface area contributed by atoms with Crippen LogP contribution in [0.5, 0.6) is 0 Å². The van der Waals surface area contributed by atoms with Crippen molar-refractivity contribution in [3.63, 3.8) is 0 Å². The summed E-state index contributed by atoms with van der Waals surface area (Å²) in [5.41, 5.74) is 1.11. The molecule has 1 unspecified atom stereocenters. The van der Waals surface area contributed by atoms with E-state index in [1.807, 2.05) is 12.1 Å². The lowest BCUT2D eigenvalue weighted by Crippen LogP contribution is -2.26. The van der Waals surface area contributed by atoms with Crippen LogP contribution in [0.25, 0.3) is 0 Å². The summed E-state index contributed by atoms with van der Waals surface area (Å²) in [5.74, 6) is 0.681. The first kappa shape index (κ1) is 15.2. The molecule has 0 aromatic heterocycles. The lowest BCUT2D eigenvalue weighted by Gasteiger charge is -2.16. The molecule has 0 saturated heterocycles. The Morgan fingerprint density at radius 2 is 1.67 bits per heavy atom. The highest BCUT2D eigenvalue weighted by atomic mass is 32.2. The molecule has 0 spiro atoms. The number of hydrogen-bond donors (Lipinski definition) is 1. The van der Waals surface area contributed by atoms with Gasteiger partial charge in [0.05, 0.1) is 4.90 Å². The van der Waals surface area contributed by atoms with Crippen LogP contribution in [0.1, 0.15) is 32.8 Å². The van der Waals surface area contributed by atoms with Gasteiger partial charge in [-0.1, -0.05) is 26.0 Å². The van der Waals surface area contributed by atoms with E-state index in [4.69, 9.17) is 0 Å². The normalized spacial score (nSPS) is 13.8. The summed E-state index contributed by atoms with van der Waals surface area (Å²) >= 11 is 0. The van der Waals surface area contributed by atoms with Crippen molar-refractivity contribution in [3.05, 3.63) is 29.8 Å². The van der Waals surface area contributed by atoms with Crippen molar-refractivity contribution in [1.29, 1.82) is 0 Å². The maximum absolute atomic E-state index is 11.3. The lowest BCUT2D eigenvalue weighted by atomic mass is 10.1. The fourth-order valence-corrected chi connectivity index (χ4v) is 2.57. The third-order valence-corrected chi connectivity index (χ3v) is 3.96. The van der Waals surface area contributed by atoms with Crippen molar-refractivity contribution in [2.24, 2.45) is 5.92 Å². The number of hydrogen-bond acceptors (Lipinski definition) is 3. The van der Waals surface area contributed by atoms with E-state index in [0.717, 1.165) is 18.5 Å². The second-order valence-corrected chi connectivity index (χ2v) is 7.34. The van der Waals surface area contributed by atoms with E-state index in [1.165, 1.54) is 6.26 Å². The largest absolute Gasteiger partial charge is 0.310 e. The molecule has 0 aliphatic carbocycles. The second-order valence-electron chi connectivity index (χ2n) is 5.33. The summed E-state index contributed by atoms with van der Waals surface area (Å²) in [7, 11) is -3.09. The average Bonchev–Trinajstić information content (AvgIpc) is 2.25. The van der Waals surface area contributed by atoms with Gasteiger partial charge < -0.3 is 5.32 Å². The zero-order valence-corrected chi connectivity index (χ0v) is 12.4. The molecule has 1 N–H and O–H groups in total. The number of benzene rings is 1. The Balaban J connectivity index is 2.55. The van der Waals surface area contributed by atoms with Gasteiger partial charge in [-0.05, 0) is 37.0 Å². The van der Waals surface area contributed by atoms with Gasteiger partial charge in [-0.3, -0.25) is 0 Å². The maximum atomic E-state index is 11.3. The number of nitrogens with one attached hydrogen (secondary N) is 1. The third-order valence-electron chi connectivity index (χ3n) is 2.83. The smallest absolute Gasteiger partial charge is 0.175 e. The van der Waals surface area contributed by atoms with Gasteiger partial charge in [0, 0.05) is 18.8 Å². The van der Waals surface area contributed by atoms with Crippen molar-refractivity contribution in [3.8, 4) is 0 Å². The van der Waals surface area contributed by atoms with Crippen LogP contribution < -0.4 is 5.32 Å². The van der Waals surface area contributed by atoms with Gasteiger partial charge in [-0.2, -0.15) is 0 Å². The van der Waals surface area contributed by atoms with Gasteiger partial charge in [-0.25, -0.2) is 8.42 Å². The summed E-state index contributed by atoms with van der Waals surface area (Å²) in [6, 6.07) is 7.54. The van der Waals surface area contributed by atoms with Crippen LogP contribution in [-0.2, 0) is 16.4 Å². The highest BCUT2D eigenvalue weighted by Gasteiger charge is 2.07. The van der Waals surface area contributed by atoms with Crippen LogP contribution in [0.2, 0.25) is 0 Å². The quantitative estimate of drug-likeness (QED) is 0.863. The Morgan fingerprint density at radius 3 is 2.11 bits per heavy atom. The first-order valence-corrected chi connectivity index (χ1v) is 8.20. The van der Waals surface area contributed by atoms with Crippen LogP contribution in [0.4, 0.5) is 0 Å². The molecule has 0 aliphatic heterocycles. The third kappa shape index (κ3) is 5.19. The summed E-state index contributed by atoms with van der Waals surface area (Å²) < 4.78 is 22.6. The molecule has 18 heavy (non-hydrogen) atoms. The standard InChI is InChI=1S/C14H23NO2S/c1-11(2)9-12(3)15-10-13-5-7-14(8-6-13)18(4,16)17/h5-8,11-12,15H,9-10H2,1-4H3. The van der Waals surface area contributed by atoms with Crippen molar-refractivity contribution in [2.75, 3.05) is 6.26 Å². The highest BCUT2D eigenvalue weighted by Crippen LogP contribution is 2.11. The van der Waals surface area contributed by atoms with E-state index in [2.05, 4.69) is 26.1 Å². The van der Waals surface area contributed by atoms with Crippen molar-refractivity contribution in [1.82, 2.24) is 5.32 Å². The molecule has 1 aromatic carbocycles. The molecule has 1 rings (SSSR count). The molecule has 0 aliphatic rings. The Hall–Kier alpha value is -0.870. The molecule has 1 atom stereocenters. The Bertz CT molecular complexity index is 463. The van der Waals surface area contributed by atoms with Crippen LogP contribution in [0.15, 0.2) is 29.2 Å². The van der Waals surface area contributed by atoms with Gasteiger partial charge in [0.1, 0.15) is 0 Å². The molecular formula is C14H23NO2S. The fourth-order valence-electron chi connectivity index (χ4n) is 1.94. The summed E-state index contributed by atoms with van der Waals surface area (Å²) in [6.07, 6.45) is 2.37. The van der Waals surface area contributed by atoms with Crippen molar-refractivity contribution >= 4 is 9.84 Å². The first-order chi connectivity index (χ1) is 8.29. The van der Waals surface area contributed by atoms with Crippen LogP contribution in [0.3, 0.4) is 0 Å². The van der Waals surface area contributed by atoms with Crippen molar-refractivity contribution in [2.45, 2.75) is 44.7 Å². The predicted molar refractivity (Wildman–Crippen MR) is 75.3 cm³/mol. The number of sulfone groups is 1. The molecule has 0 heterocycles. The van der Waals surface area contributed by atoms with Crippen LogP contribution in [0, 0.1) is 5.92 Å². The van der Waals surface area contributed by atoms with Crippen LogP contribution >= 0.6 is 0 Å². The Kier molecular flexibility index (Phi) is 5.35. The number of rotatable bonds is 6. The minimum atomic E-state index is -3.09. The van der Waals surface area contributed by atoms with Gasteiger partial charge in [0.25, 0.3) is 0 Å². The Morgan fingerprint density at radius 1 is 1.11 bits per heavy atom. The minimum absolute atomic E-state index is 0.376. The zero-order valence-electron chi connectivity index (χ0n) is 11.6. The first-order valence-electron chi connectivity index (χ1n) is 6.31. The van der Waals surface area contributed by atoms with Crippen molar-refractivity contribution < 1.29 is 8.42 Å². The van der Waals surface area contributed by atoms with Gasteiger partial charge in [-0.15, -0.1) is 0 Å². The van der Waals surface area contributed by atoms with E-state index in [1.54, 1.807) is 12.1 Å². The summed E-state index contributed by atoms with van der Waals surface area (Å²) in [4.78, 5) is 0.376. The molecule has 0 fully saturated rings. The molecule has 0 radical (unpaired) electrons. The predicted octanol–water partition coefficient (Wildman–Crippen LogP) is 2.61. The average molecular weight is 269 g/mol. The van der Waals surface area contributed by atoms with Gasteiger partial charge >= 0.3 is 0 Å². The second kappa shape index (κ2) is 6.34. The molecule has 0 saturated carbocycles. The Labute approximate surface area is 111 Å². The lowest BCUT2D eigenvalue weighted by molar-refractivity contribution is 0.441. The van der Waals surface area contributed by atoms with Crippen LogP contribution in [-0.4, -0.2) is 20.7 Å². The zero-order chi connectivity index (χ0) is 13.8. The van der Waals surface area contributed by atoms with E-state index < -0.39 is 9.84 Å². The molecule has 0 amide bonds. The molecule has 1 aromatic rings. The van der Waals surface area contributed by atoms with E-state index in [0.29, 0.717) is 16.9 Å². The monoisotopic (exact) mass is 269 g/mol. The van der Waals surface area contributed by atoms with Gasteiger partial charge in [0.15, 0.2) is 9.84 Å². The van der Waals surface area contributed by atoms with E-state index >= 15 is 0 Å². The fraction of sp³-hybridized carbons (Fsp3) is 0.571. The van der Waals surface area contributed by atoms with E-state index in [-0.39, 0.29) is 0 Å². The molecule has 102 valence electrons. The molecule has 3 nitrogen and oxygen atoms in total. The maximum Gasteiger partial charge on any atom is 0.175 e. The summed E-state index contributed by atoms with van der Waals surface area (Å²) in [5, 5.41) is 3.44. The summed E-state index contributed by atoms with van der Waals surface area (Å²) in [6.45, 7) is 7.36. The molecule has 4 heteroatoms. The topological polar surface area (TPSA) is 46.2 Å². The molecule has 0 bridgehead atoms. The SMILES string of the molecule is CC(C)CC(C)NCc1ccc(S(C)(=O)=O)cc1.